The Hall–Kier alpha value is -2.85. The molecule has 158 valence electrons. The van der Waals surface area contributed by atoms with Gasteiger partial charge in [-0.05, 0) is 30.7 Å². The molecule has 1 saturated heterocycles. The Balaban J connectivity index is 1.50. The summed E-state index contributed by atoms with van der Waals surface area (Å²) in [6.45, 7) is 0.476. The second-order valence-corrected chi connectivity index (χ2v) is 7.95. The third-order valence-electron chi connectivity index (χ3n) is 4.16. The van der Waals surface area contributed by atoms with Gasteiger partial charge >= 0.3 is 11.9 Å². The van der Waals surface area contributed by atoms with Crippen molar-refractivity contribution in [2.24, 2.45) is 0 Å². The number of rotatable bonds is 8. The third-order valence-corrected chi connectivity index (χ3v) is 6.08. The summed E-state index contributed by atoms with van der Waals surface area (Å²) in [5.74, 6) is -0.104. The van der Waals surface area contributed by atoms with Gasteiger partial charge in [-0.2, -0.15) is 0 Å². The number of methoxy groups -OCH3 is 2. The van der Waals surface area contributed by atoms with Crippen LogP contribution in [0.2, 0.25) is 0 Å². The second kappa shape index (κ2) is 10.3. The Morgan fingerprint density at radius 1 is 1.23 bits per heavy atom. The Morgan fingerprint density at radius 2 is 2.00 bits per heavy atom. The van der Waals surface area contributed by atoms with E-state index < -0.39 is 11.9 Å². The maximum Gasteiger partial charge on any atom is 0.357 e. The van der Waals surface area contributed by atoms with Gasteiger partial charge in [-0.1, -0.05) is 11.8 Å². The summed E-state index contributed by atoms with van der Waals surface area (Å²) >= 11 is 2.63. The minimum absolute atomic E-state index is 0.0925. The number of ether oxygens (including phenoxy) is 3. The van der Waals surface area contributed by atoms with E-state index in [0.717, 1.165) is 11.3 Å². The van der Waals surface area contributed by atoms with Crippen molar-refractivity contribution in [3.05, 3.63) is 46.4 Å². The Kier molecular flexibility index (Phi) is 7.47. The molecule has 8 nitrogen and oxygen atoms in total. The number of hydrogen-bond donors (Lipinski definition) is 0. The highest BCUT2D eigenvalue weighted by Crippen LogP contribution is 2.29. The average Bonchev–Trinajstić information content (AvgIpc) is 3.39. The van der Waals surface area contributed by atoms with Crippen LogP contribution in [0.3, 0.4) is 0 Å². The van der Waals surface area contributed by atoms with Crippen molar-refractivity contribution in [3.63, 3.8) is 0 Å². The van der Waals surface area contributed by atoms with Gasteiger partial charge in [0.25, 0.3) is 0 Å². The quantitative estimate of drug-likeness (QED) is 0.346. The predicted molar refractivity (Wildman–Crippen MR) is 113 cm³/mol. The number of hydrogen-bond acceptors (Lipinski definition) is 9. The van der Waals surface area contributed by atoms with E-state index in [1.807, 2.05) is 24.3 Å². The number of nitrogens with zero attached hydrogens (tertiary/aromatic N) is 2. The van der Waals surface area contributed by atoms with E-state index in [2.05, 4.69) is 9.72 Å². The summed E-state index contributed by atoms with van der Waals surface area (Å²) in [7, 11) is 2.88. The molecule has 30 heavy (non-hydrogen) atoms. The van der Waals surface area contributed by atoms with Crippen LogP contribution in [0.15, 0.2) is 40.8 Å². The molecule has 0 bridgehead atoms. The van der Waals surface area contributed by atoms with E-state index in [9.17, 15) is 14.4 Å². The van der Waals surface area contributed by atoms with Crippen molar-refractivity contribution in [1.29, 1.82) is 0 Å². The van der Waals surface area contributed by atoms with Crippen molar-refractivity contribution in [2.45, 2.75) is 6.42 Å². The third kappa shape index (κ3) is 5.39. The summed E-state index contributed by atoms with van der Waals surface area (Å²) < 4.78 is 15.0. The molecule has 10 heteroatoms. The van der Waals surface area contributed by atoms with Crippen LogP contribution >= 0.6 is 23.1 Å². The van der Waals surface area contributed by atoms with Crippen LogP contribution < -0.4 is 4.74 Å². The van der Waals surface area contributed by atoms with Crippen molar-refractivity contribution >= 4 is 40.9 Å². The largest absolute Gasteiger partial charge is 0.497 e. The summed E-state index contributed by atoms with van der Waals surface area (Å²) in [6.07, 6.45) is 1.73. The van der Waals surface area contributed by atoms with Crippen LogP contribution in [0.25, 0.3) is 10.6 Å². The molecule has 0 atom stereocenters. The SMILES string of the molecule is COC(=O)/C=C1/SCC(=O)N1CCCOC(=O)c1csc(-c2ccc(OC)cc2)n1. The average molecular weight is 449 g/mol. The molecule has 1 aliphatic rings. The van der Waals surface area contributed by atoms with E-state index in [1.165, 1.54) is 41.2 Å². The molecule has 0 saturated carbocycles. The number of thioether (sulfide) groups is 1. The normalized spacial score (nSPS) is 14.8. The lowest BCUT2D eigenvalue weighted by atomic mass is 10.2. The van der Waals surface area contributed by atoms with Gasteiger partial charge in [-0.3, -0.25) is 4.79 Å². The maximum atomic E-state index is 12.2. The number of carbonyl (C=O) groups excluding carboxylic acids is 3. The molecule has 0 radical (unpaired) electrons. The van der Waals surface area contributed by atoms with Crippen LogP contribution in [0.1, 0.15) is 16.9 Å². The van der Waals surface area contributed by atoms with Crippen LogP contribution in [-0.2, 0) is 19.1 Å². The number of carbonyl (C=O) groups is 3. The predicted octanol–water partition coefficient (Wildman–Crippen LogP) is 2.96. The minimum atomic E-state index is -0.515. The van der Waals surface area contributed by atoms with Crippen molar-refractivity contribution in [1.82, 2.24) is 9.88 Å². The van der Waals surface area contributed by atoms with Gasteiger partial charge in [-0.15, -0.1) is 11.3 Å². The van der Waals surface area contributed by atoms with Crippen LogP contribution in [0.4, 0.5) is 0 Å². The van der Waals surface area contributed by atoms with Crippen molar-refractivity contribution in [3.8, 4) is 16.3 Å². The molecule has 2 heterocycles. The van der Waals surface area contributed by atoms with Gasteiger partial charge in [0.15, 0.2) is 5.69 Å². The Morgan fingerprint density at radius 3 is 2.70 bits per heavy atom. The molecule has 1 fully saturated rings. The number of esters is 2. The Bertz CT molecular complexity index is 954. The van der Waals surface area contributed by atoms with Gasteiger partial charge in [0.1, 0.15) is 10.8 Å². The van der Waals surface area contributed by atoms with Crippen molar-refractivity contribution < 1.29 is 28.6 Å². The molecule has 2 aromatic rings. The van der Waals surface area contributed by atoms with Gasteiger partial charge in [0.2, 0.25) is 5.91 Å². The summed E-state index contributed by atoms with van der Waals surface area (Å²) in [5, 5.41) is 2.91. The molecule has 1 amide bonds. The molecule has 3 rings (SSSR count). The smallest absolute Gasteiger partial charge is 0.357 e. The van der Waals surface area contributed by atoms with E-state index in [0.29, 0.717) is 23.0 Å². The molecule has 0 spiro atoms. The maximum absolute atomic E-state index is 12.2. The fourth-order valence-electron chi connectivity index (χ4n) is 2.62. The molecule has 0 aliphatic carbocycles. The van der Waals surface area contributed by atoms with Gasteiger partial charge in [-0.25, -0.2) is 14.6 Å². The van der Waals surface area contributed by atoms with Gasteiger partial charge in [0, 0.05) is 17.5 Å². The first-order valence-electron chi connectivity index (χ1n) is 9.01. The number of amides is 1. The Labute approximate surface area is 181 Å². The highest BCUT2D eigenvalue weighted by molar-refractivity contribution is 8.04. The number of thiazole rings is 1. The van der Waals surface area contributed by atoms with Crippen LogP contribution in [0.5, 0.6) is 5.75 Å². The van der Waals surface area contributed by atoms with E-state index in [-0.39, 0.29) is 24.0 Å². The standard InChI is InChI=1S/C20H20N2O6S2/c1-26-14-6-4-13(5-7-14)19-21-15(11-30-19)20(25)28-9-3-8-22-16(23)12-29-17(22)10-18(24)27-2/h4-7,10-11H,3,8-9,12H2,1-2H3/b17-10+. The van der Waals surface area contributed by atoms with E-state index in [1.54, 1.807) is 12.5 Å². The molecule has 1 aromatic heterocycles. The fourth-order valence-corrected chi connectivity index (χ4v) is 4.37. The lowest BCUT2D eigenvalue weighted by molar-refractivity contribution is -0.134. The van der Waals surface area contributed by atoms with E-state index in [4.69, 9.17) is 9.47 Å². The lowest BCUT2D eigenvalue weighted by Crippen LogP contribution is -2.27. The molecule has 1 aliphatic heterocycles. The summed E-state index contributed by atoms with van der Waals surface area (Å²) in [6, 6.07) is 7.40. The van der Waals surface area contributed by atoms with Crippen LogP contribution in [0, 0.1) is 0 Å². The topological polar surface area (TPSA) is 95.0 Å². The first kappa shape index (κ1) is 21.8. The first-order chi connectivity index (χ1) is 14.5. The monoisotopic (exact) mass is 448 g/mol. The molecular formula is C20H20N2O6S2. The number of aromatic nitrogens is 1. The zero-order valence-electron chi connectivity index (χ0n) is 16.5. The lowest BCUT2D eigenvalue weighted by Gasteiger charge is -2.16. The molecule has 0 unspecified atom stereocenters. The highest BCUT2D eigenvalue weighted by Gasteiger charge is 2.27. The first-order valence-corrected chi connectivity index (χ1v) is 10.9. The zero-order valence-corrected chi connectivity index (χ0v) is 18.1. The molecular weight excluding hydrogens is 428 g/mol. The summed E-state index contributed by atoms with van der Waals surface area (Å²) in [5.41, 5.74) is 1.12. The summed E-state index contributed by atoms with van der Waals surface area (Å²) in [4.78, 5) is 41.4. The fraction of sp³-hybridized carbons (Fsp3) is 0.300. The minimum Gasteiger partial charge on any atom is -0.497 e. The van der Waals surface area contributed by atoms with Crippen LogP contribution in [-0.4, -0.2) is 60.9 Å². The second-order valence-electron chi connectivity index (χ2n) is 6.10. The molecule has 0 N–H and O–H groups in total. The highest BCUT2D eigenvalue weighted by atomic mass is 32.2. The van der Waals surface area contributed by atoms with E-state index >= 15 is 0 Å². The van der Waals surface area contributed by atoms with Gasteiger partial charge in [0.05, 0.1) is 37.7 Å². The zero-order chi connectivity index (χ0) is 21.5. The van der Waals surface area contributed by atoms with Gasteiger partial charge < -0.3 is 19.1 Å². The molecule has 1 aromatic carbocycles. The van der Waals surface area contributed by atoms with Crippen molar-refractivity contribution in [2.75, 3.05) is 33.1 Å². The number of benzene rings is 1.